The summed E-state index contributed by atoms with van der Waals surface area (Å²) in [5, 5.41) is 7.11. The molecule has 0 aliphatic rings. The third-order valence-electron chi connectivity index (χ3n) is 7.05. The van der Waals surface area contributed by atoms with Crippen LogP contribution < -0.4 is 10.3 Å². The van der Waals surface area contributed by atoms with Gasteiger partial charge < -0.3 is 9.64 Å². The Labute approximate surface area is 292 Å². The molecule has 0 radical (unpaired) electrons. The van der Waals surface area contributed by atoms with E-state index in [1.165, 1.54) is 23.1 Å². The lowest BCUT2D eigenvalue weighted by molar-refractivity contribution is -0.133. The van der Waals surface area contributed by atoms with Crippen molar-refractivity contribution in [3.63, 3.8) is 0 Å². The fraction of sp³-hybridized carbons (Fsp3) is 0.394. The van der Waals surface area contributed by atoms with Crippen LogP contribution in [0.4, 0.5) is 0 Å². The number of thiophene rings is 1. The van der Waals surface area contributed by atoms with E-state index in [0.29, 0.717) is 53.5 Å². The Balaban J connectivity index is 1.55. The predicted molar refractivity (Wildman–Crippen MR) is 193 cm³/mol. The molecule has 0 aliphatic carbocycles. The minimum Gasteiger partial charge on any atom is -0.494 e. The number of aromatic nitrogens is 3. The van der Waals surface area contributed by atoms with Gasteiger partial charge >= 0.3 is 0 Å². The number of thioether (sulfide) groups is 1. The zero-order valence-electron chi connectivity index (χ0n) is 25.7. The third kappa shape index (κ3) is 11.7. The van der Waals surface area contributed by atoms with Gasteiger partial charge in [-0.1, -0.05) is 86.1 Å². The molecular weight excluding hydrogens is 741 g/mol. The van der Waals surface area contributed by atoms with E-state index < -0.39 is 0 Å². The van der Waals surface area contributed by atoms with Crippen LogP contribution in [0.3, 0.4) is 0 Å². The molecular formula is C33H39ClIN5O3S2. The number of benzene rings is 2. The van der Waals surface area contributed by atoms with Gasteiger partial charge in [0, 0.05) is 61.2 Å². The van der Waals surface area contributed by atoms with E-state index in [1.807, 2.05) is 70.9 Å². The van der Waals surface area contributed by atoms with Gasteiger partial charge in [-0.15, -0.1) is 11.3 Å². The summed E-state index contributed by atoms with van der Waals surface area (Å²) in [5.41, 5.74) is 3.15. The van der Waals surface area contributed by atoms with Crippen molar-refractivity contribution < 1.29 is 9.53 Å². The number of hydrogen-bond donors (Lipinski definition) is 0. The highest BCUT2D eigenvalue weighted by Crippen LogP contribution is 2.26. The number of carbonyl (C=O) groups excluding carboxylic acids is 1. The number of unbranched alkanes of at least 4 members (excludes halogenated alkanes) is 1. The van der Waals surface area contributed by atoms with Crippen LogP contribution >= 0.6 is 57.6 Å². The maximum atomic E-state index is 14.0. The highest BCUT2D eigenvalue weighted by atomic mass is 127. The topological polar surface area (TPSA) is 80.6 Å². The molecule has 2 aromatic carbocycles. The number of likely N-dealkylation sites (N-methyl/N-ethyl adjacent to an activating group) is 1. The molecule has 8 nitrogen and oxygen atoms in total. The van der Waals surface area contributed by atoms with E-state index in [9.17, 15) is 9.59 Å². The summed E-state index contributed by atoms with van der Waals surface area (Å²) >= 11 is 11.3. The van der Waals surface area contributed by atoms with E-state index >= 15 is 0 Å². The average molecular weight is 780 g/mol. The highest BCUT2D eigenvalue weighted by Gasteiger charge is 2.20. The fourth-order valence-corrected chi connectivity index (χ4v) is 6.53. The molecule has 0 N–H and O–H groups in total. The van der Waals surface area contributed by atoms with Gasteiger partial charge in [-0.25, -0.2) is 7.80 Å². The summed E-state index contributed by atoms with van der Waals surface area (Å²) in [5.74, 6) is 1.30. The maximum Gasteiger partial charge on any atom is 0.295 e. The quantitative estimate of drug-likeness (QED) is 0.0454. The monoisotopic (exact) mass is 779 g/mol. The number of amides is 1. The van der Waals surface area contributed by atoms with Crippen LogP contribution in [0.15, 0.2) is 76.0 Å². The lowest BCUT2D eigenvalue weighted by atomic mass is 10.1. The van der Waals surface area contributed by atoms with Gasteiger partial charge in [0.1, 0.15) is 18.0 Å². The van der Waals surface area contributed by atoms with E-state index in [1.54, 1.807) is 4.68 Å². The molecule has 0 saturated carbocycles. The van der Waals surface area contributed by atoms with Crippen LogP contribution in [-0.4, -0.2) is 54.9 Å². The first-order valence-electron chi connectivity index (χ1n) is 15.1. The molecule has 240 valence electrons. The van der Waals surface area contributed by atoms with E-state index in [2.05, 4.69) is 44.8 Å². The Bertz CT molecular complexity index is 1550. The van der Waals surface area contributed by atoms with Crippen LogP contribution in [0, 0.1) is 0 Å². The van der Waals surface area contributed by atoms with Gasteiger partial charge in [0.25, 0.3) is 5.56 Å². The standard InChI is InChI=1S/C33H39ClIN5O3S2/c1-3-5-19-43-28-14-11-26(12-15-28)21-38(17-18-39(35)4-2)31(41)22-40-33(45-24-27-20-30(34)44-23-27)36-32(42)29(37-40)16-13-25-9-7-6-8-10-25/h6-12,14-15,20,23H,3-5,13,16-19,21-22,24H2,1-2H3. The Morgan fingerprint density at radius 3 is 2.51 bits per heavy atom. The minimum atomic E-state index is -0.359. The number of carbonyl (C=O) groups is 1. The summed E-state index contributed by atoms with van der Waals surface area (Å²) < 4.78 is 10.3. The van der Waals surface area contributed by atoms with Gasteiger partial charge in [0.15, 0.2) is 5.16 Å². The first-order chi connectivity index (χ1) is 21.8. The van der Waals surface area contributed by atoms with E-state index in [0.717, 1.165) is 48.4 Å². The summed E-state index contributed by atoms with van der Waals surface area (Å²) in [7, 11) is 0. The molecule has 0 bridgehead atoms. The number of hydrogen-bond acceptors (Lipinski definition) is 8. The van der Waals surface area contributed by atoms with Crippen LogP contribution in [0.2, 0.25) is 4.34 Å². The molecule has 45 heavy (non-hydrogen) atoms. The van der Waals surface area contributed by atoms with Crippen molar-refractivity contribution >= 4 is 63.5 Å². The predicted octanol–water partition coefficient (Wildman–Crippen LogP) is 7.31. The molecule has 4 aromatic rings. The fourth-order valence-electron chi connectivity index (χ4n) is 4.44. The lowest BCUT2D eigenvalue weighted by Gasteiger charge is -2.25. The first-order valence-corrected chi connectivity index (χ1v) is 18.3. The SMILES string of the molecule is CCCCOc1ccc(CN(CCN(I)CC)C(=O)Cn2nc(CCc3ccccc3)c(=O)nc2SCc2csc(Cl)c2)cc1. The molecule has 0 unspecified atom stereocenters. The van der Waals surface area contributed by atoms with Crippen LogP contribution in [-0.2, 0) is 36.5 Å². The Morgan fingerprint density at radius 2 is 1.82 bits per heavy atom. The second kappa shape index (κ2) is 18.6. The minimum absolute atomic E-state index is 0.0239. The van der Waals surface area contributed by atoms with Crippen LogP contribution in [0.25, 0.3) is 0 Å². The molecule has 0 aliphatic heterocycles. The third-order valence-corrected chi connectivity index (χ3v) is 10.4. The number of rotatable bonds is 18. The summed E-state index contributed by atoms with van der Waals surface area (Å²) in [6, 6.07) is 19.8. The number of aryl methyl sites for hydroxylation is 2. The van der Waals surface area contributed by atoms with Gasteiger partial charge in [0.2, 0.25) is 5.91 Å². The molecule has 12 heteroatoms. The second-order valence-corrected chi connectivity index (χ2v) is 14.4. The molecule has 2 heterocycles. The molecule has 0 atom stereocenters. The van der Waals surface area contributed by atoms with Crippen molar-refractivity contribution in [3.8, 4) is 5.75 Å². The smallest absolute Gasteiger partial charge is 0.295 e. The zero-order valence-corrected chi connectivity index (χ0v) is 30.2. The van der Waals surface area contributed by atoms with Gasteiger partial charge in [-0.05, 0) is 53.1 Å². The summed E-state index contributed by atoms with van der Waals surface area (Å²) in [6.45, 7) is 7.49. The second-order valence-electron chi connectivity index (χ2n) is 10.5. The number of nitrogens with zero attached hydrogens (tertiary/aromatic N) is 5. The van der Waals surface area contributed by atoms with Gasteiger partial charge in [0.05, 0.1) is 10.9 Å². The van der Waals surface area contributed by atoms with Crippen LogP contribution in [0.5, 0.6) is 5.75 Å². The molecule has 0 saturated heterocycles. The number of ether oxygens (including phenoxy) is 1. The number of halogens is 2. The van der Waals surface area contributed by atoms with Crippen molar-refractivity contribution in [2.45, 2.75) is 63.5 Å². The average Bonchev–Trinajstić information content (AvgIpc) is 3.48. The van der Waals surface area contributed by atoms with Crippen molar-refractivity contribution in [2.24, 2.45) is 0 Å². The van der Waals surface area contributed by atoms with Crippen LogP contribution in [0.1, 0.15) is 49.1 Å². The Morgan fingerprint density at radius 1 is 1.04 bits per heavy atom. The van der Waals surface area contributed by atoms with E-state index in [-0.39, 0.29) is 18.0 Å². The van der Waals surface area contributed by atoms with Crippen molar-refractivity contribution in [1.82, 2.24) is 22.8 Å². The van der Waals surface area contributed by atoms with Gasteiger partial charge in [-0.2, -0.15) is 10.1 Å². The molecule has 1 amide bonds. The molecule has 0 spiro atoms. The van der Waals surface area contributed by atoms with Crippen molar-refractivity contribution in [2.75, 3.05) is 26.2 Å². The Hall–Kier alpha value is -2.45. The normalized spacial score (nSPS) is 11.2. The molecule has 4 rings (SSSR count). The van der Waals surface area contributed by atoms with E-state index in [4.69, 9.17) is 21.4 Å². The maximum absolute atomic E-state index is 14.0. The van der Waals surface area contributed by atoms with Gasteiger partial charge in [-0.3, -0.25) is 9.59 Å². The first kappa shape index (κ1) is 35.4. The van der Waals surface area contributed by atoms with Crippen molar-refractivity contribution in [1.29, 1.82) is 0 Å². The summed E-state index contributed by atoms with van der Waals surface area (Å²) in [4.78, 5) is 33.3. The zero-order chi connectivity index (χ0) is 32.0. The lowest BCUT2D eigenvalue weighted by Crippen LogP contribution is -2.39. The highest BCUT2D eigenvalue weighted by molar-refractivity contribution is 14.1. The molecule has 0 fully saturated rings. The molecule has 2 aromatic heterocycles. The summed E-state index contributed by atoms with van der Waals surface area (Å²) in [6.07, 6.45) is 3.19. The largest absolute Gasteiger partial charge is 0.494 e. The Kier molecular flexibility index (Phi) is 14.7. The van der Waals surface area contributed by atoms with Crippen molar-refractivity contribution in [3.05, 3.63) is 103 Å².